The van der Waals surface area contributed by atoms with Crippen LogP contribution < -0.4 is 0 Å². The van der Waals surface area contributed by atoms with Crippen LogP contribution in [0.5, 0.6) is 0 Å². The molecule has 0 radical (unpaired) electrons. The van der Waals surface area contributed by atoms with Gasteiger partial charge in [0.25, 0.3) is 0 Å². The maximum atomic E-state index is 11.5. The zero-order valence-electron chi connectivity index (χ0n) is 11.2. The van der Waals surface area contributed by atoms with E-state index in [0.717, 1.165) is 16.9 Å². The zero-order chi connectivity index (χ0) is 13.9. The van der Waals surface area contributed by atoms with Crippen LogP contribution in [-0.2, 0) is 0 Å². The van der Waals surface area contributed by atoms with E-state index >= 15 is 0 Å². The highest BCUT2D eigenvalue weighted by molar-refractivity contribution is 5.95. The third kappa shape index (κ3) is 2.26. The minimum absolute atomic E-state index is 0.0672. The maximum Gasteiger partial charge on any atom is 0.159 e. The van der Waals surface area contributed by atoms with E-state index in [1.54, 1.807) is 13.1 Å². The van der Waals surface area contributed by atoms with Crippen molar-refractivity contribution in [2.24, 2.45) is 0 Å². The Kier molecular flexibility index (Phi) is 3.17. The molecule has 3 rings (SSSR count). The fourth-order valence-corrected chi connectivity index (χ4v) is 2.19. The van der Waals surface area contributed by atoms with Crippen LogP contribution in [0.1, 0.15) is 17.3 Å². The van der Waals surface area contributed by atoms with Gasteiger partial charge in [-0.1, -0.05) is 36.4 Å². The van der Waals surface area contributed by atoms with Gasteiger partial charge in [0.1, 0.15) is 0 Å². The molecular weight excluding hydrogens is 248 g/mol. The number of carbonyl (C=O) groups excluding carboxylic acids is 1. The number of ketones is 1. The Morgan fingerprint density at radius 3 is 2.55 bits per heavy atom. The average molecular weight is 262 g/mol. The van der Waals surface area contributed by atoms with Crippen molar-refractivity contribution in [3.63, 3.8) is 0 Å². The molecule has 98 valence electrons. The lowest BCUT2D eigenvalue weighted by molar-refractivity contribution is 0.101. The predicted molar refractivity (Wildman–Crippen MR) is 79.0 cm³/mol. The number of carbonyl (C=O) groups is 1. The van der Waals surface area contributed by atoms with E-state index < -0.39 is 0 Å². The molecule has 0 N–H and O–H groups in total. The Hall–Kier alpha value is -2.68. The second-order valence-electron chi connectivity index (χ2n) is 4.60. The summed E-state index contributed by atoms with van der Waals surface area (Å²) in [6, 6.07) is 19.5. The number of Topliss-reactive ketones (excluding diaryl/α,β-unsaturated/α-hetero) is 1. The number of aromatic nitrogens is 2. The van der Waals surface area contributed by atoms with Crippen molar-refractivity contribution in [1.82, 2.24) is 9.78 Å². The predicted octanol–water partition coefficient (Wildman–Crippen LogP) is 3.74. The van der Waals surface area contributed by atoms with Crippen LogP contribution in [0.15, 0.2) is 66.9 Å². The second kappa shape index (κ2) is 5.13. The molecule has 0 fully saturated rings. The third-order valence-electron chi connectivity index (χ3n) is 3.21. The molecule has 1 aromatic heterocycles. The molecular formula is C17H14N2O. The summed E-state index contributed by atoms with van der Waals surface area (Å²) < 4.78 is 1.87. The van der Waals surface area contributed by atoms with E-state index in [4.69, 9.17) is 0 Å². The Morgan fingerprint density at radius 2 is 1.80 bits per heavy atom. The molecule has 0 unspecified atom stereocenters. The van der Waals surface area contributed by atoms with Crippen LogP contribution in [-0.4, -0.2) is 15.6 Å². The summed E-state index contributed by atoms with van der Waals surface area (Å²) in [4.78, 5) is 11.5. The highest BCUT2D eigenvalue weighted by Gasteiger charge is 2.08. The molecule has 1 heterocycles. The topological polar surface area (TPSA) is 34.9 Å². The summed E-state index contributed by atoms with van der Waals surface area (Å²) >= 11 is 0. The highest BCUT2D eigenvalue weighted by atomic mass is 16.1. The molecule has 0 atom stereocenters. The molecule has 3 nitrogen and oxygen atoms in total. The van der Waals surface area contributed by atoms with Crippen LogP contribution >= 0.6 is 0 Å². The quantitative estimate of drug-likeness (QED) is 0.674. The fourth-order valence-electron chi connectivity index (χ4n) is 2.19. The SMILES string of the molecule is CC(=O)c1cccc(-c2ccnn2-c2ccccc2)c1. The standard InChI is InChI=1S/C17H14N2O/c1-13(20)14-6-5-7-15(12-14)17-10-11-18-19(17)16-8-3-2-4-9-16/h2-12H,1H3. The van der Waals surface area contributed by atoms with Crippen molar-refractivity contribution in [1.29, 1.82) is 0 Å². The molecule has 0 saturated carbocycles. The monoisotopic (exact) mass is 262 g/mol. The summed E-state index contributed by atoms with van der Waals surface area (Å²) in [5, 5.41) is 4.37. The Labute approximate surface area is 117 Å². The maximum absolute atomic E-state index is 11.5. The fraction of sp³-hybridized carbons (Fsp3) is 0.0588. The van der Waals surface area contributed by atoms with Gasteiger partial charge in [0.2, 0.25) is 0 Å². The number of hydrogen-bond acceptors (Lipinski definition) is 2. The van der Waals surface area contributed by atoms with Crippen LogP contribution in [0.2, 0.25) is 0 Å². The van der Waals surface area contributed by atoms with Gasteiger partial charge in [-0.25, -0.2) is 4.68 Å². The van der Waals surface area contributed by atoms with Crippen molar-refractivity contribution in [2.45, 2.75) is 6.92 Å². The lowest BCUT2D eigenvalue weighted by Gasteiger charge is -2.08. The minimum Gasteiger partial charge on any atom is -0.295 e. The Bertz CT molecular complexity index is 744. The van der Waals surface area contributed by atoms with Gasteiger partial charge in [0.15, 0.2) is 5.78 Å². The Morgan fingerprint density at radius 1 is 1.00 bits per heavy atom. The summed E-state index contributed by atoms with van der Waals surface area (Å²) in [5.41, 5.74) is 3.67. The largest absolute Gasteiger partial charge is 0.295 e. The number of para-hydroxylation sites is 1. The van der Waals surface area contributed by atoms with E-state index in [-0.39, 0.29) is 5.78 Å². The number of benzene rings is 2. The van der Waals surface area contributed by atoms with E-state index in [9.17, 15) is 4.79 Å². The van der Waals surface area contributed by atoms with Crippen molar-refractivity contribution >= 4 is 5.78 Å². The first kappa shape index (κ1) is 12.4. The van der Waals surface area contributed by atoms with Crippen LogP contribution in [0, 0.1) is 0 Å². The van der Waals surface area contributed by atoms with E-state index in [2.05, 4.69) is 5.10 Å². The molecule has 3 heteroatoms. The van der Waals surface area contributed by atoms with Gasteiger partial charge in [-0.05, 0) is 31.2 Å². The second-order valence-corrected chi connectivity index (χ2v) is 4.60. The number of hydrogen-bond donors (Lipinski definition) is 0. The first-order valence-electron chi connectivity index (χ1n) is 6.46. The zero-order valence-corrected chi connectivity index (χ0v) is 11.2. The third-order valence-corrected chi connectivity index (χ3v) is 3.21. The summed E-state index contributed by atoms with van der Waals surface area (Å²) in [6.45, 7) is 1.58. The Balaban J connectivity index is 2.10. The molecule has 0 amide bonds. The summed E-state index contributed by atoms with van der Waals surface area (Å²) in [6.07, 6.45) is 1.77. The molecule has 2 aromatic carbocycles. The van der Waals surface area contributed by atoms with Gasteiger partial charge in [-0.3, -0.25) is 4.79 Å². The van der Waals surface area contributed by atoms with Gasteiger partial charge < -0.3 is 0 Å². The van der Waals surface area contributed by atoms with E-state index in [1.807, 2.05) is 65.3 Å². The lowest BCUT2D eigenvalue weighted by Crippen LogP contribution is -1.99. The number of nitrogens with zero attached hydrogens (tertiary/aromatic N) is 2. The molecule has 0 bridgehead atoms. The van der Waals surface area contributed by atoms with Crippen molar-refractivity contribution in [2.75, 3.05) is 0 Å². The van der Waals surface area contributed by atoms with Gasteiger partial charge in [-0.15, -0.1) is 0 Å². The van der Waals surface area contributed by atoms with Gasteiger partial charge in [0, 0.05) is 11.1 Å². The smallest absolute Gasteiger partial charge is 0.159 e. The first-order chi connectivity index (χ1) is 9.75. The summed E-state index contributed by atoms with van der Waals surface area (Å²) in [5.74, 6) is 0.0672. The average Bonchev–Trinajstić information content (AvgIpc) is 2.98. The van der Waals surface area contributed by atoms with E-state index in [1.165, 1.54) is 0 Å². The first-order valence-corrected chi connectivity index (χ1v) is 6.46. The molecule has 0 saturated heterocycles. The van der Waals surface area contributed by atoms with Crippen molar-refractivity contribution < 1.29 is 4.79 Å². The molecule has 0 aliphatic heterocycles. The van der Waals surface area contributed by atoms with Gasteiger partial charge in [-0.2, -0.15) is 5.10 Å². The van der Waals surface area contributed by atoms with Crippen molar-refractivity contribution in [3.8, 4) is 16.9 Å². The number of rotatable bonds is 3. The molecule has 0 spiro atoms. The van der Waals surface area contributed by atoms with Gasteiger partial charge >= 0.3 is 0 Å². The normalized spacial score (nSPS) is 10.4. The molecule has 20 heavy (non-hydrogen) atoms. The van der Waals surface area contributed by atoms with Crippen LogP contribution in [0.4, 0.5) is 0 Å². The van der Waals surface area contributed by atoms with Crippen LogP contribution in [0.25, 0.3) is 16.9 Å². The van der Waals surface area contributed by atoms with Crippen LogP contribution in [0.3, 0.4) is 0 Å². The molecule has 0 aliphatic carbocycles. The minimum atomic E-state index is 0.0672. The summed E-state index contributed by atoms with van der Waals surface area (Å²) in [7, 11) is 0. The van der Waals surface area contributed by atoms with E-state index in [0.29, 0.717) is 5.56 Å². The lowest BCUT2D eigenvalue weighted by atomic mass is 10.1. The molecule has 3 aromatic rings. The highest BCUT2D eigenvalue weighted by Crippen LogP contribution is 2.23. The van der Waals surface area contributed by atoms with Gasteiger partial charge in [0.05, 0.1) is 17.6 Å². The molecule has 0 aliphatic rings. The van der Waals surface area contributed by atoms with Crippen molar-refractivity contribution in [3.05, 3.63) is 72.4 Å².